The van der Waals surface area contributed by atoms with Gasteiger partial charge in [-0.3, -0.25) is 4.79 Å². The molecule has 1 saturated heterocycles. The number of nitrogens with zero attached hydrogens (tertiary/aromatic N) is 1. The second-order valence-electron chi connectivity index (χ2n) is 9.32. The van der Waals surface area contributed by atoms with Crippen LogP contribution >= 0.6 is 0 Å². The maximum Gasteiger partial charge on any atom is 0.217 e. The summed E-state index contributed by atoms with van der Waals surface area (Å²) in [6.45, 7) is 6.42. The van der Waals surface area contributed by atoms with Gasteiger partial charge < -0.3 is 10.2 Å². The molecule has 1 saturated carbocycles. The Morgan fingerprint density at radius 1 is 1.15 bits per heavy atom. The zero-order valence-corrected chi connectivity index (χ0v) is 17.2. The van der Waals surface area contributed by atoms with Gasteiger partial charge in [-0.25, -0.2) is 0 Å². The zero-order chi connectivity index (χ0) is 18.9. The molecular formula is C24H36N2O. The lowest BCUT2D eigenvalue weighted by Gasteiger charge is -2.45. The Bertz CT molecular complexity index is 654. The quantitative estimate of drug-likeness (QED) is 0.814. The van der Waals surface area contributed by atoms with Crippen molar-refractivity contribution < 1.29 is 4.79 Å². The minimum atomic E-state index is 0.0909. The number of rotatable bonds is 4. The van der Waals surface area contributed by atoms with Crippen molar-refractivity contribution in [2.24, 2.45) is 5.92 Å². The highest BCUT2D eigenvalue weighted by Gasteiger charge is 2.46. The van der Waals surface area contributed by atoms with E-state index >= 15 is 0 Å². The molecule has 3 aliphatic rings. The van der Waals surface area contributed by atoms with Gasteiger partial charge in [-0.05, 0) is 75.1 Å². The molecule has 1 spiro atoms. The molecule has 1 aromatic carbocycles. The average Bonchev–Trinajstić information content (AvgIpc) is 2.96. The summed E-state index contributed by atoms with van der Waals surface area (Å²) in [6.07, 6.45) is 12.0. The molecule has 1 aromatic rings. The Hall–Kier alpha value is -1.35. The lowest BCUT2D eigenvalue weighted by Crippen LogP contribution is -2.47. The monoisotopic (exact) mass is 368 g/mol. The molecule has 148 valence electrons. The number of likely N-dealkylation sites (tertiary alicyclic amines) is 1. The third-order valence-corrected chi connectivity index (χ3v) is 7.66. The van der Waals surface area contributed by atoms with Gasteiger partial charge in [0.05, 0.1) is 6.04 Å². The Kier molecular flexibility index (Phi) is 5.59. The van der Waals surface area contributed by atoms with E-state index in [9.17, 15) is 4.79 Å². The van der Waals surface area contributed by atoms with Crippen LogP contribution in [0.3, 0.4) is 0 Å². The second-order valence-corrected chi connectivity index (χ2v) is 9.32. The van der Waals surface area contributed by atoms with Crippen molar-refractivity contribution in [2.75, 3.05) is 13.1 Å². The van der Waals surface area contributed by atoms with Gasteiger partial charge in [-0.15, -0.1) is 0 Å². The number of nitrogens with one attached hydrogen (secondary N) is 1. The fraction of sp³-hybridized carbons (Fsp3) is 0.708. The van der Waals surface area contributed by atoms with Gasteiger partial charge in [-0.2, -0.15) is 0 Å². The molecule has 1 heterocycles. The summed E-state index contributed by atoms with van der Waals surface area (Å²) in [7, 11) is 0. The first-order chi connectivity index (χ1) is 13.1. The van der Waals surface area contributed by atoms with Crippen molar-refractivity contribution in [3.8, 4) is 0 Å². The maximum absolute atomic E-state index is 11.7. The van der Waals surface area contributed by atoms with Gasteiger partial charge in [0, 0.05) is 18.4 Å². The van der Waals surface area contributed by atoms with Crippen molar-refractivity contribution in [1.29, 1.82) is 0 Å². The highest BCUT2D eigenvalue weighted by Crippen LogP contribution is 2.51. The highest BCUT2D eigenvalue weighted by molar-refractivity contribution is 5.73. The van der Waals surface area contributed by atoms with E-state index < -0.39 is 0 Å². The summed E-state index contributed by atoms with van der Waals surface area (Å²) in [5.74, 6) is 1.08. The molecule has 0 unspecified atom stereocenters. The van der Waals surface area contributed by atoms with Gasteiger partial charge in [0.1, 0.15) is 0 Å². The molecule has 4 rings (SSSR count). The summed E-state index contributed by atoms with van der Waals surface area (Å²) in [4.78, 5) is 14.5. The molecule has 1 amide bonds. The molecule has 1 aliphatic heterocycles. The van der Waals surface area contributed by atoms with Crippen molar-refractivity contribution in [1.82, 2.24) is 10.2 Å². The SMILES string of the molecule is CCCC1CCC(N2CCC3(CC2)C[C@H](NC(C)=O)c2ccccc23)CC1. The molecule has 0 aromatic heterocycles. The van der Waals surface area contributed by atoms with Crippen LogP contribution < -0.4 is 5.32 Å². The van der Waals surface area contributed by atoms with Crippen LogP contribution in [0.1, 0.15) is 88.8 Å². The minimum absolute atomic E-state index is 0.0909. The number of amides is 1. The predicted octanol–water partition coefficient (Wildman–Crippen LogP) is 4.96. The molecule has 0 bridgehead atoms. The van der Waals surface area contributed by atoms with Crippen LogP contribution in [0.4, 0.5) is 0 Å². The van der Waals surface area contributed by atoms with Crippen molar-refractivity contribution >= 4 is 5.91 Å². The standard InChI is InChI=1S/C24H36N2O/c1-3-6-19-9-11-20(12-10-19)26-15-13-24(14-16-26)17-23(25-18(2)27)21-7-4-5-8-22(21)24/h4-5,7-8,19-20,23H,3,6,9-17H2,1-2H3,(H,25,27)/t19?,20?,23-/m0/s1. The molecular weight excluding hydrogens is 332 g/mol. The summed E-state index contributed by atoms with van der Waals surface area (Å²) < 4.78 is 0. The summed E-state index contributed by atoms with van der Waals surface area (Å²) >= 11 is 0. The number of benzene rings is 1. The molecule has 1 atom stereocenters. The first kappa shape index (κ1) is 19.0. The smallest absolute Gasteiger partial charge is 0.217 e. The molecule has 0 radical (unpaired) electrons. The van der Waals surface area contributed by atoms with Crippen LogP contribution in [0.2, 0.25) is 0 Å². The molecule has 2 fully saturated rings. The fourth-order valence-corrected chi connectivity index (χ4v) is 6.27. The topological polar surface area (TPSA) is 32.3 Å². The van der Waals surface area contributed by atoms with Crippen LogP contribution in [0.25, 0.3) is 0 Å². The molecule has 2 aliphatic carbocycles. The normalized spacial score (nSPS) is 30.2. The van der Waals surface area contributed by atoms with E-state index in [1.807, 2.05) is 0 Å². The molecule has 3 nitrogen and oxygen atoms in total. The number of piperidine rings is 1. The number of fused-ring (bicyclic) bond motifs is 2. The summed E-state index contributed by atoms with van der Waals surface area (Å²) in [5, 5.41) is 3.21. The van der Waals surface area contributed by atoms with Gasteiger partial charge >= 0.3 is 0 Å². The first-order valence-corrected chi connectivity index (χ1v) is 11.2. The Morgan fingerprint density at radius 3 is 2.52 bits per heavy atom. The predicted molar refractivity (Wildman–Crippen MR) is 111 cm³/mol. The highest BCUT2D eigenvalue weighted by atomic mass is 16.1. The van der Waals surface area contributed by atoms with E-state index in [1.165, 1.54) is 75.6 Å². The molecule has 1 N–H and O–H groups in total. The zero-order valence-electron chi connectivity index (χ0n) is 17.2. The number of hydrogen-bond donors (Lipinski definition) is 1. The van der Waals surface area contributed by atoms with E-state index in [0.717, 1.165) is 18.4 Å². The van der Waals surface area contributed by atoms with E-state index in [4.69, 9.17) is 0 Å². The summed E-state index contributed by atoms with van der Waals surface area (Å²) in [6, 6.07) is 9.87. The van der Waals surface area contributed by atoms with Crippen molar-refractivity contribution in [2.45, 2.75) is 89.1 Å². The number of carbonyl (C=O) groups is 1. The van der Waals surface area contributed by atoms with E-state index in [1.54, 1.807) is 6.92 Å². The van der Waals surface area contributed by atoms with Gasteiger partial charge in [0.15, 0.2) is 0 Å². The van der Waals surface area contributed by atoms with Crippen LogP contribution in [0.5, 0.6) is 0 Å². The van der Waals surface area contributed by atoms with Crippen molar-refractivity contribution in [3.63, 3.8) is 0 Å². The third-order valence-electron chi connectivity index (χ3n) is 7.66. The van der Waals surface area contributed by atoms with E-state index in [-0.39, 0.29) is 17.4 Å². The fourth-order valence-electron chi connectivity index (χ4n) is 6.27. The first-order valence-electron chi connectivity index (χ1n) is 11.2. The van der Waals surface area contributed by atoms with E-state index in [0.29, 0.717) is 0 Å². The Labute approximate surface area is 164 Å². The Balaban J connectivity index is 1.41. The molecule has 3 heteroatoms. The second kappa shape index (κ2) is 7.95. The number of carbonyl (C=O) groups excluding carboxylic acids is 1. The average molecular weight is 369 g/mol. The van der Waals surface area contributed by atoms with Gasteiger partial charge in [0.2, 0.25) is 5.91 Å². The lowest BCUT2D eigenvalue weighted by atomic mass is 9.72. The number of hydrogen-bond acceptors (Lipinski definition) is 2. The van der Waals surface area contributed by atoms with Crippen LogP contribution in [0.15, 0.2) is 24.3 Å². The van der Waals surface area contributed by atoms with Crippen LogP contribution in [-0.2, 0) is 10.2 Å². The maximum atomic E-state index is 11.7. The van der Waals surface area contributed by atoms with Crippen LogP contribution in [0, 0.1) is 5.92 Å². The third kappa shape index (κ3) is 3.81. The lowest BCUT2D eigenvalue weighted by molar-refractivity contribution is -0.119. The summed E-state index contributed by atoms with van der Waals surface area (Å²) in [5.41, 5.74) is 3.15. The van der Waals surface area contributed by atoms with Crippen LogP contribution in [-0.4, -0.2) is 29.9 Å². The van der Waals surface area contributed by atoms with Gasteiger partial charge in [-0.1, -0.05) is 44.0 Å². The minimum Gasteiger partial charge on any atom is -0.349 e. The van der Waals surface area contributed by atoms with Crippen molar-refractivity contribution in [3.05, 3.63) is 35.4 Å². The Morgan fingerprint density at radius 2 is 1.85 bits per heavy atom. The van der Waals surface area contributed by atoms with Gasteiger partial charge in [0.25, 0.3) is 0 Å². The largest absolute Gasteiger partial charge is 0.349 e. The molecule has 27 heavy (non-hydrogen) atoms. The van der Waals surface area contributed by atoms with E-state index in [2.05, 4.69) is 41.4 Å².